The second kappa shape index (κ2) is 6.65. The predicted molar refractivity (Wildman–Crippen MR) is 92.5 cm³/mol. The third-order valence-electron chi connectivity index (χ3n) is 4.26. The van der Waals surface area contributed by atoms with Gasteiger partial charge in [-0.15, -0.1) is 0 Å². The fourth-order valence-corrected chi connectivity index (χ4v) is 2.78. The van der Waals surface area contributed by atoms with Gasteiger partial charge in [-0.25, -0.2) is 0 Å². The van der Waals surface area contributed by atoms with E-state index >= 15 is 0 Å². The van der Waals surface area contributed by atoms with Crippen LogP contribution in [-0.2, 0) is 0 Å². The van der Waals surface area contributed by atoms with Crippen LogP contribution in [0.2, 0.25) is 18.1 Å². The van der Waals surface area contributed by atoms with Crippen LogP contribution in [0.4, 0.5) is 5.69 Å². The van der Waals surface area contributed by atoms with Crippen molar-refractivity contribution in [2.75, 3.05) is 5.73 Å². The Morgan fingerprint density at radius 1 is 1.29 bits per heavy atom. The van der Waals surface area contributed by atoms with Crippen LogP contribution in [0.5, 0.6) is 5.75 Å². The Bertz CT molecular complexity index is 504. The van der Waals surface area contributed by atoms with Gasteiger partial charge in [0.25, 0.3) is 0 Å². The smallest absolute Gasteiger partial charge is 0.250 e. The molecule has 0 heterocycles. The number of benzene rings is 1. The summed E-state index contributed by atoms with van der Waals surface area (Å²) in [5.41, 5.74) is 7.08. The van der Waals surface area contributed by atoms with Gasteiger partial charge in [-0.1, -0.05) is 34.1 Å². The van der Waals surface area contributed by atoms with Crippen LogP contribution in [0.25, 0.3) is 0 Å². The van der Waals surface area contributed by atoms with E-state index < -0.39 is 8.32 Å². The highest BCUT2D eigenvalue weighted by Crippen LogP contribution is 2.37. The second-order valence-corrected chi connectivity index (χ2v) is 11.9. The van der Waals surface area contributed by atoms with Crippen molar-refractivity contribution in [1.29, 1.82) is 0 Å². The summed E-state index contributed by atoms with van der Waals surface area (Å²) in [6.07, 6.45) is 2.45. The molecule has 1 aromatic rings. The molecule has 0 unspecified atom stereocenters. The van der Waals surface area contributed by atoms with E-state index in [2.05, 4.69) is 40.8 Å². The Balaban J connectivity index is 2.99. The zero-order chi connectivity index (χ0) is 16.3. The van der Waals surface area contributed by atoms with Crippen LogP contribution in [-0.4, -0.2) is 14.1 Å². The van der Waals surface area contributed by atoms with Gasteiger partial charge in [0.2, 0.25) is 8.32 Å². The molecule has 0 radical (unpaired) electrons. The summed E-state index contributed by atoms with van der Waals surface area (Å²) in [6.45, 7) is 13.1. The largest absolute Gasteiger partial charge is 0.543 e. The monoisotopic (exact) mass is 307 g/mol. The number of carbonyl (C=O) groups is 1. The minimum absolute atomic E-state index is 0.107. The summed E-state index contributed by atoms with van der Waals surface area (Å²) in [4.78, 5) is 12.2. The minimum atomic E-state index is -1.90. The molecule has 0 bridgehead atoms. The molecular formula is C17H29NO2Si. The molecule has 0 saturated carbocycles. The van der Waals surface area contributed by atoms with Gasteiger partial charge in [-0.2, -0.15) is 0 Å². The number of nitrogen functional groups attached to an aromatic ring is 1. The van der Waals surface area contributed by atoms with Gasteiger partial charge in [0.05, 0.1) is 0 Å². The zero-order valence-corrected chi connectivity index (χ0v) is 15.2. The number of Topliss-reactive ketones (excluding diaryl/α,β-unsaturated/α-hetero) is 1. The molecule has 0 aliphatic heterocycles. The Morgan fingerprint density at radius 3 is 2.43 bits per heavy atom. The summed E-state index contributed by atoms with van der Waals surface area (Å²) in [5.74, 6) is 0.866. The quantitative estimate of drug-likeness (QED) is 0.456. The van der Waals surface area contributed by atoms with Crippen molar-refractivity contribution < 1.29 is 9.22 Å². The topological polar surface area (TPSA) is 52.3 Å². The number of nitrogens with two attached hydrogens (primary N) is 1. The summed E-state index contributed by atoms with van der Waals surface area (Å²) in [7, 11) is -1.90. The molecule has 2 N–H and O–H groups in total. The third-order valence-corrected chi connectivity index (χ3v) is 8.62. The van der Waals surface area contributed by atoms with Crippen molar-refractivity contribution in [2.24, 2.45) is 0 Å². The van der Waals surface area contributed by atoms with Crippen molar-refractivity contribution in [3.63, 3.8) is 0 Å². The maximum Gasteiger partial charge on any atom is 0.250 e. The molecule has 1 aromatic carbocycles. The molecule has 0 atom stereocenters. The van der Waals surface area contributed by atoms with Crippen molar-refractivity contribution in [2.45, 2.75) is 65.1 Å². The standard InChI is InChI=1S/C17H29NO2Si/c1-7-8-9-16(19)14-12-13(10-11-15(14)18)20-21(5,6)17(2,3)4/h10-12H,7-9,18H2,1-6H3. The van der Waals surface area contributed by atoms with Crippen LogP contribution in [0, 0.1) is 0 Å². The Kier molecular flexibility index (Phi) is 5.62. The van der Waals surface area contributed by atoms with E-state index in [0.29, 0.717) is 17.7 Å². The van der Waals surface area contributed by atoms with Crippen LogP contribution in [0.15, 0.2) is 18.2 Å². The first kappa shape index (κ1) is 17.8. The lowest BCUT2D eigenvalue weighted by molar-refractivity contribution is 0.0980. The molecule has 0 amide bonds. The summed E-state index contributed by atoms with van der Waals surface area (Å²) < 4.78 is 6.25. The van der Waals surface area contributed by atoms with Gasteiger partial charge in [0, 0.05) is 17.7 Å². The molecule has 0 aliphatic carbocycles. The van der Waals surface area contributed by atoms with Gasteiger partial charge >= 0.3 is 0 Å². The molecule has 0 spiro atoms. The Morgan fingerprint density at radius 2 is 1.90 bits per heavy atom. The average molecular weight is 308 g/mol. The van der Waals surface area contributed by atoms with Crippen LogP contribution in [0.3, 0.4) is 0 Å². The third kappa shape index (κ3) is 4.60. The van der Waals surface area contributed by atoms with Crippen molar-refractivity contribution >= 4 is 19.8 Å². The van der Waals surface area contributed by atoms with E-state index in [9.17, 15) is 4.79 Å². The normalized spacial score (nSPS) is 12.3. The van der Waals surface area contributed by atoms with Gasteiger partial charge in [0.1, 0.15) is 5.75 Å². The van der Waals surface area contributed by atoms with Crippen LogP contribution < -0.4 is 10.2 Å². The molecule has 3 nitrogen and oxygen atoms in total. The van der Waals surface area contributed by atoms with Gasteiger partial charge in [0.15, 0.2) is 5.78 Å². The average Bonchev–Trinajstić information content (AvgIpc) is 2.36. The highest BCUT2D eigenvalue weighted by atomic mass is 28.4. The fourth-order valence-electron chi connectivity index (χ4n) is 1.76. The number of anilines is 1. The molecular weight excluding hydrogens is 278 g/mol. The molecule has 0 aromatic heterocycles. The second-order valence-electron chi connectivity index (χ2n) is 7.14. The summed E-state index contributed by atoms with van der Waals surface area (Å²) >= 11 is 0. The minimum Gasteiger partial charge on any atom is -0.543 e. The lowest BCUT2D eigenvalue weighted by Crippen LogP contribution is -2.43. The lowest BCUT2D eigenvalue weighted by atomic mass is 10.0. The van der Waals surface area contributed by atoms with E-state index in [-0.39, 0.29) is 10.8 Å². The van der Waals surface area contributed by atoms with E-state index in [1.54, 1.807) is 6.07 Å². The van der Waals surface area contributed by atoms with E-state index in [0.717, 1.165) is 18.6 Å². The predicted octanol–water partition coefficient (Wildman–Crippen LogP) is 5.03. The number of hydrogen-bond acceptors (Lipinski definition) is 3. The van der Waals surface area contributed by atoms with Crippen molar-refractivity contribution in [3.05, 3.63) is 23.8 Å². The first-order valence-corrected chi connectivity index (χ1v) is 10.6. The number of unbranched alkanes of at least 4 members (excludes halogenated alkanes) is 1. The lowest BCUT2D eigenvalue weighted by Gasteiger charge is -2.36. The van der Waals surface area contributed by atoms with Gasteiger partial charge in [-0.05, 0) is 42.8 Å². The van der Waals surface area contributed by atoms with Crippen molar-refractivity contribution in [3.8, 4) is 5.75 Å². The van der Waals surface area contributed by atoms with Gasteiger partial charge < -0.3 is 10.2 Å². The van der Waals surface area contributed by atoms with Crippen LogP contribution >= 0.6 is 0 Å². The number of carbonyl (C=O) groups excluding carboxylic acids is 1. The summed E-state index contributed by atoms with van der Waals surface area (Å²) in [6, 6.07) is 5.46. The Hall–Kier alpha value is -1.29. The number of ketones is 1. The number of rotatable bonds is 6. The first-order chi connectivity index (χ1) is 9.58. The molecule has 21 heavy (non-hydrogen) atoms. The maximum atomic E-state index is 12.2. The number of hydrogen-bond donors (Lipinski definition) is 1. The van der Waals surface area contributed by atoms with E-state index in [1.165, 1.54) is 0 Å². The molecule has 1 rings (SSSR count). The SMILES string of the molecule is CCCCC(=O)c1cc(O[Si](C)(C)C(C)(C)C)ccc1N. The first-order valence-electron chi connectivity index (χ1n) is 7.70. The molecule has 4 heteroatoms. The highest BCUT2D eigenvalue weighted by molar-refractivity contribution is 6.74. The zero-order valence-electron chi connectivity index (χ0n) is 14.2. The van der Waals surface area contributed by atoms with Crippen molar-refractivity contribution in [1.82, 2.24) is 0 Å². The molecule has 118 valence electrons. The fraction of sp³-hybridized carbons (Fsp3) is 0.588. The van der Waals surface area contributed by atoms with E-state index in [4.69, 9.17) is 10.2 Å². The maximum absolute atomic E-state index is 12.2. The molecule has 0 fully saturated rings. The molecule has 0 aliphatic rings. The highest BCUT2D eigenvalue weighted by Gasteiger charge is 2.39. The van der Waals surface area contributed by atoms with Gasteiger partial charge in [-0.3, -0.25) is 4.79 Å². The van der Waals surface area contributed by atoms with Crippen LogP contribution in [0.1, 0.15) is 57.3 Å². The summed E-state index contributed by atoms with van der Waals surface area (Å²) in [5, 5.41) is 0.126. The Labute approximate surface area is 130 Å². The van der Waals surface area contributed by atoms with E-state index in [1.807, 2.05) is 12.1 Å². The molecule has 0 saturated heterocycles.